The first-order chi connectivity index (χ1) is 5.83. The Labute approximate surface area is 77.8 Å². The number of hydrogen-bond acceptors (Lipinski definition) is 5. The molecule has 0 saturated heterocycles. The summed E-state index contributed by atoms with van der Waals surface area (Å²) in [5.41, 5.74) is 5.42. The molecule has 0 aromatic carbocycles. The fourth-order valence-electron chi connectivity index (χ4n) is 0.868. The van der Waals surface area contributed by atoms with Crippen LogP contribution in [0.15, 0.2) is 0 Å². The molecule has 0 rings (SSSR count). The summed E-state index contributed by atoms with van der Waals surface area (Å²) in [6, 6.07) is 0. The van der Waals surface area contributed by atoms with E-state index in [4.69, 9.17) is 19.8 Å². The molecule has 80 valence electrons. The molecule has 0 saturated carbocycles. The summed E-state index contributed by atoms with van der Waals surface area (Å²) >= 11 is 0. The Hall–Kier alpha value is -0.210. The van der Waals surface area contributed by atoms with Crippen LogP contribution in [0.5, 0.6) is 0 Å². The van der Waals surface area contributed by atoms with Crippen LogP contribution in [0, 0.1) is 0 Å². The zero-order valence-corrected chi connectivity index (χ0v) is 8.50. The van der Waals surface area contributed by atoms with Crippen molar-refractivity contribution in [3.8, 4) is 0 Å². The summed E-state index contributed by atoms with van der Waals surface area (Å²) in [5.74, 6) is -2.53. The largest absolute Gasteiger partial charge is 0.337 e. The molecule has 0 aromatic heterocycles. The number of rotatable bonds is 6. The molecule has 0 aliphatic rings. The predicted octanol–water partition coefficient (Wildman–Crippen LogP) is -0.440. The van der Waals surface area contributed by atoms with Crippen molar-refractivity contribution >= 4 is 10.1 Å². The zero-order chi connectivity index (χ0) is 10.5. The third-order valence-electron chi connectivity index (χ3n) is 1.16. The molecule has 7 heteroatoms. The standard InChI is InChI=1S/C6H15NO5S/c1-3-11-6(7,12-4-2)5-13(8,9)10/h3-5,7H2,1-2H3,(H,8,9,10). The molecular weight excluding hydrogens is 198 g/mol. The SMILES string of the molecule is CCOC(N)(CS(=O)(=O)O)OCC. The van der Waals surface area contributed by atoms with Gasteiger partial charge in [0.25, 0.3) is 10.1 Å². The van der Waals surface area contributed by atoms with E-state index in [-0.39, 0.29) is 13.2 Å². The summed E-state index contributed by atoms with van der Waals surface area (Å²) in [5, 5.41) is 0. The summed E-state index contributed by atoms with van der Waals surface area (Å²) < 4.78 is 39.3. The number of ether oxygens (including phenoxy) is 2. The van der Waals surface area contributed by atoms with Crippen molar-refractivity contribution in [2.45, 2.75) is 19.8 Å². The number of hydrogen-bond donors (Lipinski definition) is 2. The second-order valence-electron chi connectivity index (χ2n) is 2.40. The normalized spacial score (nSPS) is 13.2. The lowest BCUT2D eigenvalue weighted by atomic mass is 10.5. The van der Waals surface area contributed by atoms with Gasteiger partial charge in [0, 0.05) is 13.2 Å². The minimum Gasteiger partial charge on any atom is -0.337 e. The average molecular weight is 213 g/mol. The van der Waals surface area contributed by atoms with Crippen LogP contribution in [0.4, 0.5) is 0 Å². The third kappa shape index (κ3) is 5.94. The lowest BCUT2D eigenvalue weighted by Gasteiger charge is -2.26. The highest BCUT2D eigenvalue weighted by Gasteiger charge is 2.32. The first kappa shape index (κ1) is 12.8. The van der Waals surface area contributed by atoms with Crippen LogP contribution < -0.4 is 5.73 Å². The summed E-state index contributed by atoms with van der Waals surface area (Å²) in [7, 11) is -4.20. The van der Waals surface area contributed by atoms with Gasteiger partial charge in [-0.2, -0.15) is 8.42 Å². The van der Waals surface area contributed by atoms with Crippen LogP contribution in [0.2, 0.25) is 0 Å². The number of nitrogens with two attached hydrogens (primary N) is 1. The van der Waals surface area contributed by atoms with E-state index in [1.54, 1.807) is 13.8 Å². The van der Waals surface area contributed by atoms with Gasteiger partial charge in [0.1, 0.15) is 5.75 Å². The molecule has 13 heavy (non-hydrogen) atoms. The molecular formula is C6H15NO5S. The van der Waals surface area contributed by atoms with Crippen molar-refractivity contribution in [3.05, 3.63) is 0 Å². The van der Waals surface area contributed by atoms with E-state index >= 15 is 0 Å². The van der Waals surface area contributed by atoms with E-state index in [2.05, 4.69) is 0 Å². The van der Waals surface area contributed by atoms with Crippen molar-refractivity contribution in [1.29, 1.82) is 0 Å². The maximum Gasteiger partial charge on any atom is 0.271 e. The van der Waals surface area contributed by atoms with Crippen LogP contribution in [0.25, 0.3) is 0 Å². The molecule has 0 bridgehead atoms. The molecule has 6 nitrogen and oxygen atoms in total. The first-order valence-corrected chi connectivity index (χ1v) is 5.46. The van der Waals surface area contributed by atoms with Gasteiger partial charge in [-0.05, 0) is 13.8 Å². The summed E-state index contributed by atoms with van der Waals surface area (Å²) in [6.45, 7) is 3.69. The maximum atomic E-state index is 10.5. The summed E-state index contributed by atoms with van der Waals surface area (Å²) in [4.78, 5) is 0. The molecule has 0 unspecified atom stereocenters. The average Bonchev–Trinajstić information content (AvgIpc) is 1.82. The van der Waals surface area contributed by atoms with E-state index in [9.17, 15) is 8.42 Å². The van der Waals surface area contributed by atoms with Crippen molar-refractivity contribution in [3.63, 3.8) is 0 Å². The third-order valence-corrected chi connectivity index (χ3v) is 1.93. The highest BCUT2D eigenvalue weighted by atomic mass is 32.2. The topological polar surface area (TPSA) is 98.9 Å². The zero-order valence-electron chi connectivity index (χ0n) is 7.69. The Morgan fingerprint density at radius 3 is 1.92 bits per heavy atom. The van der Waals surface area contributed by atoms with E-state index in [0.717, 1.165) is 0 Å². The van der Waals surface area contributed by atoms with Crippen LogP contribution in [-0.2, 0) is 19.6 Å². The minimum absolute atomic E-state index is 0.200. The van der Waals surface area contributed by atoms with Gasteiger partial charge in [-0.3, -0.25) is 10.3 Å². The smallest absolute Gasteiger partial charge is 0.271 e. The van der Waals surface area contributed by atoms with Gasteiger partial charge in [0.05, 0.1) is 0 Å². The van der Waals surface area contributed by atoms with Crippen LogP contribution in [0.1, 0.15) is 13.8 Å². The maximum absolute atomic E-state index is 10.5. The van der Waals surface area contributed by atoms with Gasteiger partial charge in [-0.25, -0.2) is 0 Å². The predicted molar refractivity (Wildman–Crippen MR) is 46.6 cm³/mol. The lowest BCUT2D eigenvalue weighted by molar-refractivity contribution is -0.214. The fourth-order valence-corrected chi connectivity index (χ4v) is 1.54. The Morgan fingerprint density at radius 2 is 1.69 bits per heavy atom. The van der Waals surface area contributed by atoms with Crippen molar-refractivity contribution < 1.29 is 22.4 Å². The highest BCUT2D eigenvalue weighted by molar-refractivity contribution is 7.85. The quantitative estimate of drug-likeness (QED) is 0.458. The van der Waals surface area contributed by atoms with Crippen molar-refractivity contribution in [2.24, 2.45) is 5.73 Å². The lowest BCUT2D eigenvalue weighted by Crippen LogP contribution is -2.51. The van der Waals surface area contributed by atoms with Crippen LogP contribution in [-0.4, -0.2) is 37.8 Å². The molecule has 0 aliphatic carbocycles. The van der Waals surface area contributed by atoms with Gasteiger partial charge >= 0.3 is 0 Å². The molecule has 0 aromatic rings. The second-order valence-corrected chi connectivity index (χ2v) is 3.86. The van der Waals surface area contributed by atoms with Crippen LogP contribution in [0.3, 0.4) is 0 Å². The van der Waals surface area contributed by atoms with E-state index in [1.165, 1.54) is 0 Å². The highest BCUT2D eigenvalue weighted by Crippen LogP contribution is 2.08. The van der Waals surface area contributed by atoms with Gasteiger partial charge in [-0.1, -0.05) is 0 Å². The summed E-state index contributed by atoms with van der Waals surface area (Å²) in [6.07, 6.45) is 0. The molecule has 0 radical (unpaired) electrons. The Kier molecular flexibility index (Phi) is 4.79. The van der Waals surface area contributed by atoms with E-state index in [1.807, 2.05) is 0 Å². The molecule has 3 N–H and O–H groups in total. The van der Waals surface area contributed by atoms with Gasteiger partial charge in [0.2, 0.25) is 5.91 Å². The van der Waals surface area contributed by atoms with Gasteiger partial charge in [0.15, 0.2) is 0 Å². The second kappa shape index (κ2) is 4.87. The molecule has 0 amide bonds. The Bertz CT molecular complexity index is 231. The van der Waals surface area contributed by atoms with Crippen molar-refractivity contribution in [2.75, 3.05) is 19.0 Å². The Morgan fingerprint density at radius 1 is 1.31 bits per heavy atom. The van der Waals surface area contributed by atoms with Gasteiger partial charge in [-0.15, -0.1) is 0 Å². The van der Waals surface area contributed by atoms with E-state index < -0.39 is 21.8 Å². The fraction of sp³-hybridized carbons (Fsp3) is 1.00. The Balaban J connectivity index is 4.40. The molecule has 0 heterocycles. The molecule has 0 fully saturated rings. The van der Waals surface area contributed by atoms with E-state index in [0.29, 0.717) is 0 Å². The van der Waals surface area contributed by atoms with Crippen LogP contribution >= 0.6 is 0 Å². The first-order valence-electron chi connectivity index (χ1n) is 3.85. The molecule has 0 atom stereocenters. The molecule has 0 aliphatic heterocycles. The monoisotopic (exact) mass is 213 g/mol. The minimum atomic E-state index is -4.20. The van der Waals surface area contributed by atoms with Crippen molar-refractivity contribution in [1.82, 2.24) is 0 Å². The molecule has 0 spiro atoms. The van der Waals surface area contributed by atoms with Gasteiger partial charge < -0.3 is 9.47 Å².